The van der Waals surface area contributed by atoms with Crippen molar-refractivity contribution in [1.82, 2.24) is 0 Å². The first-order valence-corrected chi connectivity index (χ1v) is 6.21. The highest BCUT2D eigenvalue weighted by atomic mass is 16.7. The molecule has 1 aliphatic heterocycles. The van der Waals surface area contributed by atoms with E-state index in [1.165, 1.54) is 6.08 Å². The SMILES string of the molecule is O=[N+]([O-])C1=CC=CCC1O[C@H]1C[C@@H](O)C[C@@H](CO)O1. The lowest BCUT2D eigenvalue weighted by Crippen LogP contribution is -2.41. The highest BCUT2D eigenvalue weighted by molar-refractivity contribution is 5.17. The molecule has 4 atom stereocenters. The molecule has 0 aromatic heterocycles. The van der Waals surface area contributed by atoms with Crippen LogP contribution in [-0.2, 0) is 9.47 Å². The Kier molecular flexibility index (Phi) is 4.65. The van der Waals surface area contributed by atoms with Crippen LogP contribution in [0.3, 0.4) is 0 Å². The first-order chi connectivity index (χ1) is 9.10. The fourth-order valence-electron chi connectivity index (χ4n) is 2.24. The van der Waals surface area contributed by atoms with Crippen LogP contribution in [0.5, 0.6) is 0 Å². The average Bonchev–Trinajstić information content (AvgIpc) is 2.38. The number of aliphatic hydroxyl groups is 2. The largest absolute Gasteiger partial charge is 0.394 e. The van der Waals surface area contributed by atoms with Crippen molar-refractivity contribution in [1.29, 1.82) is 0 Å². The van der Waals surface area contributed by atoms with Gasteiger partial charge in [0.1, 0.15) is 0 Å². The van der Waals surface area contributed by atoms with E-state index < -0.39 is 29.5 Å². The predicted octanol–water partition coefficient (Wildman–Crippen LogP) is 0.350. The van der Waals surface area contributed by atoms with Crippen LogP contribution < -0.4 is 0 Å². The molecule has 0 spiro atoms. The molecule has 0 aromatic rings. The van der Waals surface area contributed by atoms with E-state index in [0.717, 1.165) is 0 Å². The van der Waals surface area contributed by atoms with E-state index in [1.54, 1.807) is 12.2 Å². The lowest BCUT2D eigenvalue weighted by Gasteiger charge is -2.33. The third-order valence-electron chi connectivity index (χ3n) is 3.16. The number of nitrogens with zero attached hydrogens (tertiary/aromatic N) is 1. The van der Waals surface area contributed by atoms with E-state index in [2.05, 4.69) is 0 Å². The average molecular weight is 271 g/mol. The number of ether oxygens (including phenoxy) is 2. The molecule has 2 rings (SSSR count). The molecular formula is C12H17NO6. The lowest BCUT2D eigenvalue weighted by atomic mass is 10.0. The van der Waals surface area contributed by atoms with Crippen LogP contribution in [0.1, 0.15) is 19.3 Å². The van der Waals surface area contributed by atoms with E-state index >= 15 is 0 Å². The quantitative estimate of drug-likeness (QED) is 0.565. The first-order valence-electron chi connectivity index (χ1n) is 6.21. The Hall–Kier alpha value is -1.28. The molecule has 7 heteroatoms. The lowest BCUT2D eigenvalue weighted by molar-refractivity contribution is -0.441. The molecule has 1 unspecified atom stereocenters. The van der Waals surface area contributed by atoms with Crippen molar-refractivity contribution < 1.29 is 24.6 Å². The highest BCUT2D eigenvalue weighted by Crippen LogP contribution is 2.25. The molecule has 106 valence electrons. The van der Waals surface area contributed by atoms with Gasteiger partial charge in [-0.15, -0.1) is 0 Å². The zero-order chi connectivity index (χ0) is 13.8. The molecule has 2 aliphatic rings. The van der Waals surface area contributed by atoms with E-state index in [1.807, 2.05) is 0 Å². The van der Waals surface area contributed by atoms with Crippen molar-refractivity contribution in [2.75, 3.05) is 6.61 Å². The summed E-state index contributed by atoms with van der Waals surface area (Å²) < 4.78 is 11.0. The second kappa shape index (κ2) is 6.25. The molecule has 2 N–H and O–H groups in total. The van der Waals surface area contributed by atoms with Gasteiger partial charge in [0.2, 0.25) is 0 Å². The Morgan fingerprint density at radius 1 is 1.53 bits per heavy atom. The van der Waals surface area contributed by atoms with Gasteiger partial charge in [-0.25, -0.2) is 0 Å². The summed E-state index contributed by atoms with van der Waals surface area (Å²) in [6.07, 6.45) is 3.25. The van der Waals surface area contributed by atoms with Crippen molar-refractivity contribution in [2.24, 2.45) is 0 Å². The van der Waals surface area contributed by atoms with Crippen LogP contribution in [0, 0.1) is 10.1 Å². The summed E-state index contributed by atoms with van der Waals surface area (Å²) in [5, 5.41) is 29.6. The third-order valence-corrected chi connectivity index (χ3v) is 3.16. The summed E-state index contributed by atoms with van der Waals surface area (Å²) in [4.78, 5) is 10.4. The van der Waals surface area contributed by atoms with Gasteiger partial charge in [-0.05, 0) is 0 Å². The van der Waals surface area contributed by atoms with Crippen LogP contribution in [0.25, 0.3) is 0 Å². The van der Waals surface area contributed by atoms with Crippen LogP contribution in [-0.4, -0.2) is 46.3 Å². The molecule has 7 nitrogen and oxygen atoms in total. The Bertz CT molecular complexity index is 394. The number of allylic oxidation sites excluding steroid dienone is 2. The van der Waals surface area contributed by atoms with Crippen molar-refractivity contribution in [3.8, 4) is 0 Å². The van der Waals surface area contributed by atoms with Crippen molar-refractivity contribution in [2.45, 2.75) is 43.9 Å². The smallest absolute Gasteiger partial charge is 0.275 e. The van der Waals surface area contributed by atoms with Gasteiger partial charge in [0.15, 0.2) is 12.4 Å². The van der Waals surface area contributed by atoms with Gasteiger partial charge < -0.3 is 19.7 Å². The molecule has 0 amide bonds. The van der Waals surface area contributed by atoms with Crippen LogP contribution in [0.2, 0.25) is 0 Å². The van der Waals surface area contributed by atoms with Gasteiger partial charge in [-0.1, -0.05) is 12.2 Å². The minimum Gasteiger partial charge on any atom is -0.394 e. The van der Waals surface area contributed by atoms with Gasteiger partial charge in [-0.3, -0.25) is 10.1 Å². The van der Waals surface area contributed by atoms with E-state index in [0.29, 0.717) is 12.8 Å². The summed E-state index contributed by atoms with van der Waals surface area (Å²) in [5.41, 5.74) is -0.0216. The fraction of sp³-hybridized carbons (Fsp3) is 0.667. The first kappa shape index (κ1) is 14.1. The molecule has 0 aromatic carbocycles. The minimum absolute atomic E-state index is 0.0216. The second-order valence-corrected chi connectivity index (χ2v) is 4.63. The van der Waals surface area contributed by atoms with E-state index in [4.69, 9.17) is 14.6 Å². The van der Waals surface area contributed by atoms with Crippen molar-refractivity contribution in [3.05, 3.63) is 34.0 Å². The third kappa shape index (κ3) is 3.60. The van der Waals surface area contributed by atoms with Gasteiger partial charge in [-0.2, -0.15) is 0 Å². The normalized spacial score (nSPS) is 34.9. The van der Waals surface area contributed by atoms with Gasteiger partial charge in [0.05, 0.1) is 23.7 Å². The number of nitro groups is 1. The van der Waals surface area contributed by atoms with Gasteiger partial charge in [0.25, 0.3) is 5.70 Å². The van der Waals surface area contributed by atoms with Crippen LogP contribution in [0.4, 0.5) is 0 Å². The number of hydrogen-bond acceptors (Lipinski definition) is 6. The predicted molar refractivity (Wildman–Crippen MR) is 64.7 cm³/mol. The maximum atomic E-state index is 10.9. The molecule has 1 heterocycles. The van der Waals surface area contributed by atoms with Crippen LogP contribution in [0.15, 0.2) is 23.9 Å². The Balaban J connectivity index is 1.98. The zero-order valence-corrected chi connectivity index (χ0v) is 10.3. The van der Waals surface area contributed by atoms with Gasteiger partial charge >= 0.3 is 0 Å². The fourth-order valence-corrected chi connectivity index (χ4v) is 2.24. The highest BCUT2D eigenvalue weighted by Gasteiger charge is 2.34. The number of hydrogen-bond donors (Lipinski definition) is 2. The maximum Gasteiger partial charge on any atom is 0.275 e. The Labute approximate surface area is 110 Å². The Morgan fingerprint density at radius 2 is 2.32 bits per heavy atom. The molecule has 19 heavy (non-hydrogen) atoms. The number of rotatable bonds is 4. The summed E-state index contributed by atoms with van der Waals surface area (Å²) in [6, 6.07) is 0. The maximum absolute atomic E-state index is 10.9. The zero-order valence-electron chi connectivity index (χ0n) is 10.3. The molecule has 0 bridgehead atoms. The topological polar surface area (TPSA) is 102 Å². The standard InChI is InChI=1S/C12H17NO6/c14-7-9-5-8(15)6-12(18-9)19-11-4-2-1-3-10(11)13(16)17/h1-3,8-9,11-12,14-15H,4-7H2/t8-,9-,11?,12-/m0/s1. The summed E-state index contributed by atoms with van der Waals surface area (Å²) >= 11 is 0. The Morgan fingerprint density at radius 3 is 3.00 bits per heavy atom. The van der Waals surface area contributed by atoms with E-state index in [9.17, 15) is 15.2 Å². The summed E-state index contributed by atoms with van der Waals surface area (Å²) in [5.74, 6) is 0. The monoisotopic (exact) mass is 271 g/mol. The molecular weight excluding hydrogens is 254 g/mol. The van der Waals surface area contributed by atoms with E-state index in [-0.39, 0.29) is 18.7 Å². The second-order valence-electron chi connectivity index (χ2n) is 4.63. The minimum atomic E-state index is -0.735. The number of aliphatic hydroxyl groups excluding tert-OH is 2. The molecule has 1 aliphatic carbocycles. The van der Waals surface area contributed by atoms with Gasteiger partial charge in [0, 0.05) is 25.3 Å². The van der Waals surface area contributed by atoms with Crippen LogP contribution >= 0.6 is 0 Å². The summed E-state index contributed by atoms with van der Waals surface area (Å²) in [6.45, 7) is -0.209. The van der Waals surface area contributed by atoms with Crippen molar-refractivity contribution >= 4 is 0 Å². The molecule has 0 radical (unpaired) electrons. The molecule has 1 fully saturated rings. The summed E-state index contributed by atoms with van der Waals surface area (Å²) in [7, 11) is 0. The molecule has 0 saturated carbocycles. The molecule has 1 saturated heterocycles. The van der Waals surface area contributed by atoms with Crippen molar-refractivity contribution in [3.63, 3.8) is 0 Å².